The first-order chi connectivity index (χ1) is 2.00. The molecule has 0 saturated heterocycles. The van der Waals surface area contributed by atoms with E-state index in [2.05, 4.69) is 0 Å². The van der Waals surface area contributed by atoms with Crippen LogP contribution in [0.4, 0.5) is 0 Å². The minimum Gasteiger partial charge on any atom is -1.00 e. The Labute approximate surface area is 114 Å². The van der Waals surface area contributed by atoms with Crippen LogP contribution in [0.1, 0.15) is 2.85 Å². The first-order valence-electron chi connectivity index (χ1n) is 0.783. The molecule has 0 aliphatic carbocycles. The molecular formula is H7KNaO5P. The van der Waals surface area contributed by atoms with Crippen LogP contribution in [-0.2, 0) is 4.57 Å². The summed E-state index contributed by atoms with van der Waals surface area (Å²) in [7, 11) is -4.64. The van der Waals surface area contributed by atoms with Crippen LogP contribution < -0.4 is 80.9 Å². The minimum absolute atomic E-state index is 0. The Hall–Kier alpha value is 2.71. The molecule has 0 aliphatic rings. The predicted molar refractivity (Wildman–Crippen MR) is 20.1 cm³/mol. The van der Waals surface area contributed by atoms with E-state index in [1.807, 2.05) is 0 Å². The fourth-order valence-electron chi connectivity index (χ4n) is 0. The Morgan fingerprint density at radius 2 is 1.25 bits per heavy atom. The molecule has 5 nitrogen and oxygen atoms in total. The summed E-state index contributed by atoms with van der Waals surface area (Å²) in [5.74, 6) is 0. The fourth-order valence-corrected chi connectivity index (χ4v) is 0. The molecule has 0 radical (unpaired) electrons. The van der Waals surface area contributed by atoms with Crippen LogP contribution in [-0.4, -0.2) is 20.2 Å². The molecule has 0 aromatic carbocycles. The van der Waals surface area contributed by atoms with Gasteiger partial charge < -0.3 is 23.0 Å². The second-order valence-corrected chi connectivity index (χ2v) is 1.54. The maximum absolute atomic E-state index is 8.88. The van der Waals surface area contributed by atoms with Gasteiger partial charge in [0, 0.05) is 0 Å². The minimum atomic E-state index is -4.64. The number of hydrogen-bond donors (Lipinski definition) is 3. The van der Waals surface area contributed by atoms with E-state index in [-0.39, 0.29) is 89.3 Å². The van der Waals surface area contributed by atoms with Gasteiger partial charge in [0.15, 0.2) is 0 Å². The van der Waals surface area contributed by atoms with Gasteiger partial charge in [0.1, 0.15) is 0 Å². The molecule has 0 aromatic heterocycles. The third kappa shape index (κ3) is 70.6. The van der Waals surface area contributed by atoms with Crippen LogP contribution in [0, 0.1) is 0 Å². The van der Waals surface area contributed by atoms with Crippen molar-refractivity contribution in [2.45, 2.75) is 0 Å². The maximum atomic E-state index is 8.88. The van der Waals surface area contributed by atoms with Crippen molar-refractivity contribution in [2.75, 3.05) is 0 Å². The largest absolute Gasteiger partial charge is 1.00 e. The first-order valence-corrected chi connectivity index (χ1v) is 2.35. The molecule has 5 N–H and O–H groups in total. The van der Waals surface area contributed by atoms with Crippen LogP contribution in [0.2, 0.25) is 0 Å². The van der Waals surface area contributed by atoms with Crippen molar-refractivity contribution in [3.05, 3.63) is 0 Å². The molecule has 0 aromatic rings. The van der Waals surface area contributed by atoms with Crippen LogP contribution in [0.3, 0.4) is 0 Å². The molecule has 0 heterocycles. The zero-order chi connectivity index (χ0) is 4.50. The topological polar surface area (TPSA) is 109 Å². The molecule has 0 amide bonds. The molecule has 44 valence electrons. The zero-order valence-corrected chi connectivity index (χ0v) is 10.7. The molecule has 0 saturated carbocycles. The smallest absolute Gasteiger partial charge is 1.00 e. The Bertz CT molecular complexity index is 65.8. The number of hydrogen-bond acceptors (Lipinski definition) is 1. The Morgan fingerprint density at radius 1 is 1.25 bits per heavy atom. The molecule has 0 spiro atoms. The standard InChI is InChI=1S/K.Na.H3O4P.H2O.2H/c;;1-5(2,3)4;;;/h;;(H3,1,2,3,4);1H2;;/q2*+1;;;2*-1. The van der Waals surface area contributed by atoms with E-state index in [0.717, 1.165) is 0 Å². The van der Waals surface area contributed by atoms with Gasteiger partial charge >= 0.3 is 88.8 Å². The predicted octanol–water partition coefficient (Wildman–Crippen LogP) is -7.52. The van der Waals surface area contributed by atoms with E-state index in [0.29, 0.717) is 0 Å². The van der Waals surface area contributed by atoms with Crippen molar-refractivity contribution < 1.29 is 109 Å². The summed E-state index contributed by atoms with van der Waals surface area (Å²) in [6, 6.07) is 0. The monoisotopic (exact) mass is 180 g/mol. The fraction of sp³-hybridized carbons (Fsp3) is 0. The van der Waals surface area contributed by atoms with Crippen LogP contribution in [0.25, 0.3) is 0 Å². The summed E-state index contributed by atoms with van der Waals surface area (Å²) < 4.78 is 8.88. The zero-order valence-electron chi connectivity index (χ0n) is 6.70. The normalized spacial score (nSPS) is 7.38. The summed E-state index contributed by atoms with van der Waals surface area (Å²) >= 11 is 0. The van der Waals surface area contributed by atoms with E-state index < -0.39 is 7.82 Å². The van der Waals surface area contributed by atoms with Gasteiger partial charge in [-0.25, -0.2) is 4.57 Å². The summed E-state index contributed by atoms with van der Waals surface area (Å²) in [5.41, 5.74) is 0. The summed E-state index contributed by atoms with van der Waals surface area (Å²) in [4.78, 5) is 21.6. The molecule has 8 heteroatoms. The van der Waals surface area contributed by atoms with Crippen molar-refractivity contribution >= 4 is 7.82 Å². The van der Waals surface area contributed by atoms with E-state index in [4.69, 9.17) is 19.2 Å². The van der Waals surface area contributed by atoms with Crippen molar-refractivity contribution in [1.82, 2.24) is 0 Å². The van der Waals surface area contributed by atoms with Gasteiger partial charge in [-0.3, -0.25) is 0 Å². The van der Waals surface area contributed by atoms with Gasteiger partial charge in [-0.2, -0.15) is 0 Å². The molecule has 0 atom stereocenters. The van der Waals surface area contributed by atoms with Gasteiger partial charge in [0.25, 0.3) is 0 Å². The Kier molecular flexibility index (Phi) is 27.2. The third-order valence-corrected chi connectivity index (χ3v) is 0. The summed E-state index contributed by atoms with van der Waals surface area (Å²) in [6.07, 6.45) is 0. The molecule has 8 heavy (non-hydrogen) atoms. The number of rotatable bonds is 0. The second-order valence-electron chi connectivity index (χ2n) is 0.513. The second kappa shape index (κ2) is 9.71. The molecule has 0 bridgehead atoms. The van der Waals surface area contributed by atoms with Gasteiger partial charge in [-0.15, -0.1) is 0 Å². The summed E-state index contributed by atoms with van der Waals surface area (Å²) in [5, 5.41) is 0. The molecule has 0 fully saturated rings. The average molecular weight is 180 g/mol. The van der Waals surface area contributed by atoms with Crippen molar-refractivity contribution in [1.29, 1.82) is 0 Å². The average Bonchev–Trinajstić information content (AvgIpc) is 0.722. The van der Waals surface area contributed by atoms with E-state index >= 15 is 0 Å². The first kappa shape index (κ1) is 22.4. The maximum Gasteiger partial charge on any atom is 1.00 e. The van der Waals surface area contributed by atoms with Crippen LogP contribution in [0.15, 0.2) is 0 Å². The number of phosphoric acid groups is 1. The summed E-state index contributed by atoms with van der Waals surface area (Å²) in [6.45, 7) is 0. The van der Waals surface area contributed by atoms with Crippen molar-refractivity contribution in [3.8, 4) is 0 Å². The molecule has 0 aliphatic heterocycles. The molecule has 0 rings (SSSR count). The molecule has 0 unspecified atom stereocenters. The third-order valence-electron chi connectivity index (χ3n) is 0. The van der Waals surface area contributed by atoms with Crippen molar-refractivity contribution in [2.24, 2.45) is 0 Å². The SMILES string of the molecule is O.O=P(O)(O)O.[H-].[H-].[K+].[Na+]. The Balaban J connectivity index is -0.00000000800. The van der Waals surface area contributed by atoms with Gasteiger partial charge in [-0.1, -0.05) is 0 Å². The van der Waals surface area contributed by atoms with Gasteiger partial charge in [-0.05, 0) is 0 Å². The quantitative estimate of drug-likeness (QED) is 0.254. The molecular weight excluding hydrogens is 173 g/mol. The van der Waals surface area contributed by atoms with Crippen molar-refractivity contribution in [3.63, 3.8) is 0 Å². The van der Waals surface area contributed by atoms with Gasteiger partial charge in [0.2, 0.25) is 0 Å². The Morgan fingerprint density at radius 3 is 1.25 bits per heavy atom. The van der Waals surface area contributed by atoms with E-state index in [1.165, 1.54) is 0 Å². The van der Waals surface area contributed by atoms with Gasteiger partial charge in [0.05, 0.1) is 0 Å². The van der Waals surface area contributed by atoms with Crippen LogP contribution in [0.5, 0.6) is 0 Å². The van der Waals surface area contributed by atoms with E-state index in [1.54, 1.807) is 0 Å². The van der Waals surface area contributed by atoms with Crippen LogP contribution >= 0.6 is 7.82 Å². The van der Waals surface area contributed by atoms with E-state index in [9.17, 15) is 0 Å².